The van der Waals surface area contributed by atoms with E-state index >= 15 is 0 Å². The fourth-order valence-electron chi connectivity index (χ4n) is 1.08. The summed E-state index contributed by atoms with van der Waals surface area (Å²) in [5, 5.41) is 20.9. The SMILES string of the molecule is CB(O)NCc1ccc(C(=O)O)cc1Cl. The Hall–Kier alpha value is -1.04. The lowest BCUT2D eigenvalue weighted by molar-refractivity contribution is 0.0697. The van der Waals surface area contributed by atoms with Gasteiger partial charge in [-0.2, -0.15) is 0 Å². The van der Waals surface area contributed by atoms with E-state index in [1.807, 2.05) is 0 Å². The number of carboxylic acids is 1. The molecular weight excluding hydrogens is 216 g/mol. The number of halogens is 1. The fraction of sp³-hybridized carbons (Fsp3) is 0.222. The third kappa shape index (κ3) is 3.55. The van der Waals surface area contributed by atoms with Crippen LogP contribution in [0.2, 0.25) is 11.8 Å². The van der Waals surface area contributed by atoms with E-state index in [0.717, 1.165) is 5.56 Å². The van der Waals surface area contributed by atoms with Crippen molar-refractivity contribution in [2.75, 3.05) is 0 Å². The monoisotopic (exact) mass is 227 g/mol. The summed E-state index contributed by atoms with van der Waals surface area (Å²) in [6.07, 6.45) is 0. The average Bonchev–Trinajstić information content (AvgIpc) is 2.15. The summed E-state index contributed by atoms with van der Waals surface area (Å²) in [5.74, 6) is -1.01. The van der Waals surface area contributed by atoms with Gasteiger partial charge in [0.1, 0.15) is 0 Å². The molecule has 0 heterocycles. The van der Waals surface area contributed by atoms with Gasteiger partial charge in [-0.15, -0.1) is 0 Å². The van der Waals surface area contributed by atoms with E-state index in [0.29, 0.717) is 11.6 Å². The molecule has 4 nitrogen and oxygen atoms in total. The zero-order valence-corrected chi connectivity index (χ0v) is 8.95. The number of rotatable bonds is 4. The summed E-state index contributed by atoms with van der Waals surface area (Å²) in [4.78, 5) is 10.6. The second-order valence-corrected chi connectivity index (χ2v) is 3.58. The molecule has 0 saturated heterocycles. The van der Waals surface area contributed by atoms with Crippen molar-refractivity contribution >= 4 is 24.6 Å². The van der Waals surface area contributed by atoms with Crippen molar-refractivity contribution in [1.82, 2.24) is 5.23 Å². The van der Waals surface area contributed by atoms with E-state index in [1.165, 1.54) is 12.1 Å². The topological polar surface area (TPSA) is 69.6 Å². The van der Waals surface area contributed by atoms with Crippen molar-refractivity contribution in [1.29, 1.82) is 0 Å². The highest BCUT2D eigenvalue weighted by atomic mass is 35.5. The van der Waals surface area contributed by atoms with Gasteiger partial charge in [-0.3, -0.25) is 0 Å². The van der Waals surface area contributed by atoms with E-state index < -0.39 is 13.0 Å². The van der Waals surface area contributed by atoms with Gasteiger partial charge < -0.3 is 15.4 Å². The van der Waals surface area contributed by atoms with Gasteiger partial charge in [0.15, 0.2) is 0 Å². The Morgan fingerprint density at radius 3 is 2.73 bits per heavy atom. The molecule has 0 radical (unpaired) electrons. The molecule has 0 bridgehead atoms. The van der Waals surface area contributed by atoms with Gasteiger partial charge in [0, 0.05) is 11.6 Å². The zero-order valence-electron chi connectivity index (χ0n) is 8.20. The van der Waals surface area contributed by atoms with Crippen LogP contribution in [0, 0.1) is 0 Å². The van der Waals surface area contributed by atoms with Crippen molar-refractivity contribution < 1.29 is 14.9 Å². The molecule has 0 unspecified atom stereocenters. The smallest absolute Gasteiger partial charge is 0.373 e. The van der Waals surface area contributed by atoms with Crippen LogP contribution in [0.5, 0.6) is 0 Å². The first-order chi connectivity index (χ1) is 7.00. The molecule has 1 aromatic rings. The molecule has 3 N–H and O–H groups in total. The van der Waals surface area contributed by atoms with Crippen LogP contribution in [0.25, 0.3) is 0 Å². The molecule has 1 rings (SSSR count). The Morgan fingerprint density at radius 2 is 2.27 bits per heavy atom. The minimum Gasteiger partial charge on any atom is -0.478 e. The van der Waals surface area contributed by atoms with Gasteiger partial charge >= 0.3 is 13.0 Å². The normalized spacial score (nSPS) is 10.1. The summed E-state index contributed by atoms with van der Waals surface area (Å²) < 4.78 is 0. The van der Waals surface area contributed by atoms with Crippen LogP contribution in [0.3, 0.4) is 0 Å². The maximum absolute atomic E-state index is 10.6. The summed E-state index contributed by atoms with van der Waals surface area (Å²) in [5.41, 5.74) is 0.906. The molecule has 0 aliphatic carbocycles. The number of hydrogen-bond acceptors (Lipinski definition) is 3. The summed E-state index contributed by atoms with van der Waals surface area (Å²) in [7, 11) is -0.625. The van der Waals surface area contributed by atoms with Crippen LogP contribution < -0.4 is 5.23 Å². The van der Waals surface area contributed by atoms with Crippen LogP contribution in [0.1, 0.15) is 15.9 Å². The van der Waals surface area contributed by atoms with E-state index in [4.69, 9.17) is 21.7 Å². The Labute approximate surface area is 93.0 Å². The number of nitrogens with one attached hydrogen (secondary N) is 1. The molecule has 0 aliphatic rings. The Morgan fingerprint density at radius 1 is 1.60 bits per heavy atom. The van der Waals surface area contributed by atoms with Crippen molar-refractivity contribution in [2.24, 2.45) is 0 Å². The molecule has 0 atom stereocenters. The quantitative estimate of drug-likeness (QED) is 0.677. The van der Waals surface area contributed by atoms with Gasteiger partial charge in [0.05, 0.1) is 5.56 Å². The number of benzene rings is 1. The summed E-state index contributed by atoms with van der Waals surface area (Å²) in [6, 6.07) is 4.50. The Balaban J connectivity index is 2.79. The molecule has 0 fully saturated rings. The number of carboxylic acid groups (broad SMARTS) is 1. The molecule has 80 valence electrons. The maximum atomic E-state index is 10.6. The third-order valence-electron chi connectivity index (χ3n) is 1.89. The Bertz CT molecular complexity index is 370. The van der Waals surface area contributed by atoms with E-state index in [2.05, 4.69) is 5.23 Å². The second kappa shape index (κ2) is 5.16. The average molecular weight is 227 g/mol. The number of carbonyl (C=O) groups is 1. The molecular formula is C9H11BClNO3. The summed E-state index contributed by atoms with van der Waals surface area (Å²) >= 11 is 5.87. The first-order valence-corrected chi connectivity index (χ1v) is 4.81. The van der Waals surface area contributed by atoms with Crippen LogP contribution in [-0.2, 0) is 6.54 Å². The predicted molar refractivity (Wildman–Crippen MR) is 59.1 cm³/mol. The lowest BCUT2D eigenvalue weighted by atomic mass is 9.88. The molecule has 0 aromatic heterocycles. The Kier molecular flexibility index (Phi) is 4.14. The van der Waals surface area contributed by atoms with Crippen LogP contribution >= 0.6 is 11.6 Å². The van der Waals surface area contributed by atoms with E-state index in [-0.39, 0.29) is 5.56 Å². The zero-order chi connectivity index (χ0) is 11.4. The van der Waals surface area contributed by atoms with E-state index in [1.54, 1.807) is 12.9 Å². The van der Waals surface area contributed by atoms with Crippen LogP contribution in [-0.4, -0.2) is 23.2 Å². The first-order valence-electron chi connectivity index (χ1n) is 4.44. The second-order valence-electron chi connectivity index (χ2n) is 3.17. The highest BCUT2D eigenvalue weighted by Gasteiger charge is 2.08. The molecule has 0 saturated carbocycles. The summed E-state index contributed by atoms with van der Waals surface area (Å²) in [6.45, 7) is 2.00. The largest absolute Gasteiger partial charge is 0.478 e. The number of hydrogen-bond donors (Lipinski definition) is 3. The van der Waals surface area contributed by atoms with Crippen LogP contribution in [0.15, 0.2) is 18.2 Å². The van der Waals surface area contributed by atoms with Crippen molar-refractivity contribution in [2.45, 2.75) is 13.4 Å². The molecule has 0 spiro atoms. The fourth-order valence-corrected chi connectivity index (χ4v) is 1.33. The lowest BCUT2D eigenvalue weighted by Crippen LogP contribution is -2.29. The minimum absolute atomic E-state index is 0.154. The lowest BCUT2D eigenvalue weighted by Gasteiger charge is -2.07. The molecule has 6 heteroatoms. The minimum atomic E-state index is -1.01. The van der Waals surface area contributed by atoms with Crippen molar-refractivity contribution in [3.63, 3.8) is 0 Å². The van der Waals surface area contributed by atoms with Crippen molar-refractivity contribution in [3.05, 3.63) is 34.3 Å². The van der Waals surface area contributed by atoms with Gasteiger partial charge in [-0.25, -0.2) is 4.79 Å². The van der Waals surface area contributed by atoms with Gasteiger partial charge in [0.25, 0.3) is 0 Å². The van der Waals surface area contributed by atoms with Crippen molar-refractivity contribution in [3.8, 4) is 0 Å². The molecule has 0 amide bonds. The molecule has 0 aliphatic heterocycles. The highest BCUT2D eigenvalue weighted by molar-refractivity contribution is 6.45. The van der Waals surface area contributed by atoms with Crippen LogP contribution in [0.4, 0.5) is 0 Å². The number of aromatic carboxylic acids is 1. The molecule has 1 aromatic carbocycles. The third-order valence-corrected chi connectivity index (χ3v) is 2.24. The first kappa shape index (κ1) is 12.0. The standard InChI is InChI=1S/C9H11BClNO3/c1-10(15)12-5-7-3-2-6(9(13)14)4-8(7)11/h2-4,12,15H,5H2,1H3,(H,13,14). The van der Waals surface area contributed by atoms with Gasteiger partial charge in [-0.1, -0.05) is 17.7 Å². The van der Waals surface area contributed by atoms with E-state index in [9.17, 15) is 4.79 Å². The highest BCUT2D eigenvalue weighted by Crippen LogP contribution is 2.17. The molecule has 15 heavy (non-hydrogen) atoms. The van der Waals surface area contributed by atoms with Gasteiger partial charge in [-0.05, 0) is 24.5 Å². The maximum Gasteiger partial charge on any atom is 0.373 e. The predicted octanol–water partition coefficient (Wildman–Crippen LogP) is 1.24. The van der Waals surface area contributed by atoms with Gasteiger partial charge in [0.2, 0.25) is 0 Å².